The normalized spacial score (nSPS) is 10.3. The maximum absolute atomic E-state index is 11.8. The molecule has 0 aromatic carbocycles. The summed E-state index contributed by atoms with van der Waals surface area (Å²) in [4.78, 5) is 15.9. The third-order valence-electron chi connectivity index (χ3n) is 2.50. The van der Waals surface area contributed by atoms with Crippen molar-refractivity contribution >= 4 is 11.6 Å². The lowest BCUT2D eigenvalue weighted by Crippen LogP contribution is -2.28. The van der Waals surface area contributed by atoms with Gasteiger partial charge in [0.2, 0.25) is 0 Å². The van der Waals surface area contributed by atoms with Gasteiger partial charge in [-0.3, -0.25) is 14.5 Å². The molecule has 0 bridgehead atoms. The molecule has 6 nitrogen and oxygen atoms in total. The van der Waals surface area contributed by atoms with Crippen LogP contribution in [0.2, 0.25) is 0 Å². The summed E-state index contributed by atoms with van der Waals surface area (Å²) in [6, 6.07) is 3.52. The van der Waals surface area contributed by atoms with Crippen molar-refractivity contribution in [2.24, 2.45) is 0 Å². The molecule has 0 saturated carbocycles. The number of amides is 1. The monoisotopic (exact) mass is 245 g/mol. The van der Waals surface area contributed by atoms with Gasteiger partial charge in [0, 0.05) is 36.5 Å². The molecule has 0 aliphatic rings. The van der Waals surface area contributed by atoms with Gasteiger partial charge in [0.1, 0.15) is 0 Å². The first-order chi connectivity index (χ1) is 8.66. The largest absolute Gasteiger partial charge is 0.398 e. The van der Waals surface area contributed by atoms with Gasteiger partial charge in [-0.15, -0.1) is 0 Å². The van der Waals surface area contributed by atoms with Crippen LogP contribution in [0.15, 0.2) is 30.7 Å². The Bertz CT molecular complexity index is 535. The maximum Gasteiger partial charge on any atom is 0.255 e. The lowest BCUT2D eigenvalue weighted by Gasteiger charge is -2.07. The fraction of sp³-hybridized carbons (Fsp3) is 0.250. The number of nitrogen functional groups attached to an aromatic ring is 1. The number of carbonyl (C=O) groups excluding carboxylic acids is 1. The van der Waals surface area contributed by atoms with Crippen LogP contribution in [0.1, 0.15) is 16.1 Å². The molecule has 2 aromatic rings. The van der Waals surface area contributed by atoms with E-state index in [9.17, 15) is 4.79 Å². The van der Waals surface area contributed by atoms with Crippen LogP contribution in [0, 0.1) is 6.92 Å². The Morgan fingerprint density at radius 2 is 2.39 bits per heavy atom. The van der Waals surface area contributed by atoms with Crippen molar-refractivity contribution in [1.82, 2.24) is 20.1 Å². The van der Waals surface area contributed by atoms with Crippen molar-refractivity contribution < 1.29 is 4.79 Å². The molecular formula is C12H15N5O. The van der Waals surface area contributed by atoms with Gasteiger partial charge in [0.05, 0.1) is 12.1 Å². The Labute approximate surface area is 105 Å². The Balaban J connectivity index is 1.91. The summed E-state index contributed by atoms with van der Waals surface area (Å²) < 4.78 is 1.75. The lowest BCUT2D eigenvalue weighted by atomic mass is 10.2. The van der Waals surface area contributed by atoms with Gasteiger partial charge in [-0.25, -0.2) is 0 Å². The van der Waals surface area contributed by atoms with E-state index in [1.807, 2.05) is 19.2 Å². The molecule has 0 atom stereocenters. The molecule has 3 N–H and O–H groups in total. The lowest BCUT2D eigenvalue weighted by molar-refractivity contribution is 0.0952. The molecule has 6 heteroatoms. The summed E-state index contributed by atoms with van der Waals surface area (Å²) in [5.41, 5.74) is 7.41. The van der Waals surface area contributed by atoms with Crippen molar-refractivity contribution in [3.8, 4) is 0 Å². The first-order valence-electron chi connectivity index (χ1n) is 5.64. The summed E-state index contributed by atoms with van der Waals surface area (Å²) >= 11 is 0. The highest BCUT2D eigenvalue weighted by Gasteiger charge is 2.09. The predicted octanol–water partition coefficient (Wildman–Crippen LogP) is 0.599. The molecule has 2 heterocycles. The number of hydrogen-bond acceptors (Lipinski definition) is 4. The number of aromatic nitrogens is 3. The standard InChI is InChI=1S/C12H15N5O/c1-9-7-11(13)10(8-15-9)12(18)14-4-6-17-5-2-3-16-17/h2-3,5,7-8H,4,6H2,1H3,(H2,13,15)(H,14,18). The zero-order valence-electron chi connectivity index (χ0n) is 10.1. The van der Waals surface area contributed by atoms with Crippen molar-refractivity contribution in [3.63, 3.8) is 0 Å². The molecular weight excluding hydrogens is 230 g/mol. The minimum atomic E-state index is -0.216. The molecule has 0 fully saturated rings. The van der Waals surface area contributed by atoms with E-state index in [0.717, 1.165) is 5.69 Å². The Hall–Kier alpha value is -2.37. The molecule has 0 spiro atoms. The van der Waals surface area contributed by atoms with Gasteiger partial charge < -0.3 is 11.1 Å². The molecule has 2 aromatic heterocycles. The molecule has 0 aliphatic heterocycles. The highest BCUT2D eigenvalue weighted by atomic mass is 16.1. The van der Waals surface area contributed by atoms with Gasteiger partial charge in [-0.05, 0) is 19.1 Å². The minimum absolute atomic E-state index is 0.216. The first-order valence-corrected chi connectivity index (χ1v) is 5.64. The van der Waals surface area contributed by atoms with Gasteiger partial charge in [-0.1, -0.05) is 0 Å². The van der Waals surface area contributed by atoms with Gasteiger partial charge in [-0.2, -0.15) is 5.10 Å². The zero-order valence-corrected chi connectivity index (χ0v) is 10.1. The number of pyridine rings is 1. The number of rotatable bonds is 4. The molecule has 0 radical (unpaired) electrons. The van der Waals surface area contributed by atoms with Crippen LogP contribution in [0.4, 0.5) is 5.69 Å². The van der Waals surface area contributed by atoms with E-state index in [0.29, 0.717) is 24.3 Å². The van der Waals surface area contributed by atoms with Crippen LogP contribution in [0.5, 0.6) is 0 Å². The molecule has 1 amide bonds. The van der Waals surface area contributed by atoms with Crippen LogP contribution < -0.4 is 11.1 Å². The third-order valence-corrected chi connectivity index (χ3v) is 2.50. The third kappa shape index (κ3) is 2.85. The second kappa shape index (κ2) is 5.31. The summed E-state index contributed by atoms with van der Waals surface area (Å²) in [5, 5.41) is 6.82. The minimum Gasteiger partial charge on any atom is -0.398 e. The summed E-state index contributed by atoms with van der Waals surface area (Å²) in [6.07, 6.45) is 5.03. The fourth-order valence-electron chi connectivity index (χ4n) is 1.58. The fourth-order valence-corrected chi connectivity index (χ4v) is 1.58. The van der Waals surface area contributed by atoms with Crippen molar-refractivity contribution in [2.75, 3.05) is 12.3 Å². The number of nitrogens with two attached hydrogens (primary N) is 1. The second-order valence-corrected chi connectivity index (χ2v) is 3.94. The number of aryl methyl sites for hydroxylation is 1. The Kier molecular flexibility index (Phi) is 3.57. The Morgan fingerprint density at radius 3 is 3.06 bits per heavy atom. The SMILES string of the molecule is Cc1cc(N)c(C(=O)NCCn2cccn2)cn1. The Morgan fingerprint density at radius 1 is 1.56 bits per heavy atom. The topological polar surface area (TPSA) is 85.8 Å². The van der Waals surface area contributed by atoms with E-state index in [2.05, 4.69) is 15.4 Å². The van der Waals surface area contributed by atoms with E-state index in [4.69, 9.17) is 5.73 Å². The van der Waals surface area contributed by atoms with E-state index in [-0.39, 0.29) is 5.91 Å². The summed E-state index contributed by atoms with van der Waals surface area (Å²) in [6.45, 7) is 2.95. The van der Waals surface area contributed by atoms with Crippen LogP contribution >= 0.6 is 0 Å². The highest BCUT2D eigenvalue weighted by Crippen LogP contribution is 2.10. The summed E-state index contributed by atoms with van der Waals surface area (Å²) in [5.74, 6) is -0.216. The number of carbonyl (C=O) groups is 1. The van der Waals surface area contributed by atoms with E-state index >= 15 is 0 Å². The second-order valence-electron chi connectivity index (χ2n) is 3.94. The van der Waals surface area contributed by atoms with Crippen molar-refractivity contribution in [1.29, 1.82) is 0 Å². The van der Waals surface area contributed by atoms with Gasteiger partial charge in [0.25, 0.3) is 5.91 Å². The molecule has 2 rings (SSSR count). The van der Waals surface area contributed by atoms with Crippen LogP contribution in [0.3, 0.4) is 0 Å². The van der Waals surface area contributed by atoms with E-state index < -0.39 is 0 Å². The first kappa shape index (κ1) is 12.1. The maximum atomic E-state index is 11.8. The number of anilines is 1. The van der Waals surface area contributed by atoms with Crippen molar-refractivity contribution in [2.45, 2.75) is 13.5 Å². The molecule has 94 valence electrons. The van der Waals surface area contributed by atoms with Gasteiger partial charge >= 0.3 is 0 Å². The molecule has 0 aliphatic carbocycles. The molecule has 18 heavy (non-hydrogen) atoms. The molecule has 0 saturated heterocycles. The quantitative estimate of drug-likeness (QED) is 0.825. The van der Waals surface area contributed by atoms with Crippen molar-refractivity contribution in [3.05, 3.63) is 42.0 Å². The number of hydrogen-bond donors (Lipinski definition) is 2. The van der Waals surface area contributed by atoms with E-state index in [1.165, 1.54) is 6.20 Å². The van der Waals surface area contributed by atoms with Crippen LogP contribution in [-0.2, 0) is 6.54 Å². The van der Waals surface area contributed by atoms with Crippen LogP contribution in [0.25, 0.3) is 0 Å². The van der Waals surface area contributed by atoms with Crippen LogP contribution in [-0.4, -0.2) is 27.2 Å². The molecule has 0 unspecified atom stereocenters. The highest BCUT2D eigenvalue weighted by molar-refractivity contribution is 5.98. The number of nitrogens with zero attached hydrogens (tertiary/aromatic N) is 3. The van der Waals surface area contributed by atoms with Gasteiger partial charge in [0.15, 0.2) is 0 Å². The zero-order chi connectivity index (χ0) is 13.0. The summed E-state index contributed by atoms with van der Waals surface area (Å²) in [7, 11) is 0. The average molecular weight is 245 g/mol. The van der Waals surface area contributed by atoms with E-state index in [1.54, 1.807) is 16.9 Å². The smallest absolute Gasteiger partial charge is 0.255 e. The predicted molar refractivity (Wildman–Crippen MR) is 67.9 cm³/mol. The average Bonchev–Trinajstić information content (AvgIpc) is 2.81. The number of nitrogens with one attached hydrogen (secondary N) is 1.